The standard InChI is InChI=1S/C24H24N4O2S3/c1-14-5-4-6-19(10-14)28(16(3)29)23-25-18(12-31-23)13-32-24-27-26-22(30-24)21-11-17-9-15(2)7-8-20(17)33-21/h4-6,10-12,15H,7-9,13H2,1-3H3/t15-/m1/s1. The molecular formula is C24H24N4O2S3. The zero-order chi connectivity index (χ0) is 22.9. The molecule has 1 amide bonds. The molecule has 4 aromatic rings. The highest BCUT2D eigenvalue weighted by atomic mass is 32.2. The second-order valence-corrected chi connectivity index (χ2v) is 11.3. The predicted molar refractivity (Wildman–Crippen MR) is 134 cm³/mol. The smallest absolute Gasteiger partial charge is 0.277 e. The second-order valence-electron chi connectivity index (χ2n) is 8.38. The Morgan fingerprint density at radius 2 is 2.18 bits per heavy atom. The number of carbonyl (C=O) groups is 1. The minimum Gasteiger partial charge on any atom is -0.410 e. The van der Waals surface area contributed by atoms with Crippen molar-refractivity contribution in [3.63, 3.8) is 0 Å². The van der Waals surface area contributed by atoms with Crippen LogP contribution in [0.1, 0.15) is 42.0 Å². The predicted octanol–water partition coefficient (Wildman–Crippen LogP) is 6.66. The summed E-state index contributed by atoms with van der Waals surface area (Å²) in [5.41, 5.74) is 4.23. The van der Waals surface area contributed by atoms with Crippen molar-refractivity contribution in [1.82, 2.24) is 15.2 Å². The summed E-state index contributed by atoms with van der Waals surface area (Å²) >= 11 is 4.69. The van der Waals surface area contributed by atoms with E-state index in [1.54, 1.807) is 23.2 Å². The fourth-order valence-corrected chi connectivity index (χ4v) is 6.75. The first-order chi connectivity index (χ1) is 16.0. The van der Waals surface area contributed by atoms with Gasteiger partial charge in [0.25, 0.3) is 11.1 Å². The van der Waals surface area contributed by atoms with Crippen molar-refractivity contribution in [1.29, 1.82) is 0 Å². The van der Waals surface area contributed by atoms with E-state index in [4.69, 9.17) is 4.42 Å². The van der Waals surface area contributed by atoms with Crippen LogP contribution in [0, 0.1) is 12.8 Å². The Bertz CT molecular complexity index is 1290. The van der Waals surface area contributed by atoms with Gasteiger partial charge in [0, 0.05) is 22.9 Å². The lowest BCUT2D eigenvalue weighted by Gasteiger charge is -2.18. The van der Waals surface area contributed by atoms with Crippen LogP contribution in [-0.4, -0.2) is 21.1 Å². The summed E-state index contributed by atoms with van der Waals surface area (Å²) in [6.07, 6.45) is 3.52. The highest BCUT2D eigenvalue weighted by molar-refractivity contribution is 7.98. The van der Waals surface area contributed by atoms with Crippen LogP contribution < -0.4 is 4.90 Å². The molecule has 5 rings (SSSR count). The summed E-state index contributed by atoms with van der Waals surface area (Å²) in [5.74, 6) is 1.85. The molecule has 170 valence electrons. The van der Waals surface area contributed by atoms with E-state index in [-0.39, 0.29) is 5.91 Å². The van der Waals surface area contributed by atoms with Crippen LogP contribution in [0.3, 0.4) is 0 Å². The van der Waals surface area contributed by atoms with Crippen LogP contribution in [0.4, 0.5) is 10.8 Å². The molecule has 0 aliphatic heterocycles. The number of hydrogen-bond acceptors (Lipinski definition) is 8. The average Bonchev–Trinajstić information content (AvgIpc) is 3.51. The van der Waals surface area contributed by atoms with Gasteiger partial charge in [-0.2, -0.15) is 0 Å². The molecule has 1 aromatic carbocycles. The number of benzene rings is 1. The highest BCUT2D eigenvalue weighted by Gasteiger charge is 2.22. The minimum absolute atomic E-state index is 0.0660. The van der Waals surface area contributed by atoms with Gasteiger partial charge in [-0.25, -0.2) is 4.98 Å². The van der Waals surface area contributed by atoms with Crippen molar-refractivity contribution in [2.45, 2.75) is 51.0 Å². The average molecular weight is 497 g/mol. The van der Waals surface area contributed by atoms with Crippen LogP contribution in [0.25, 0.3) is 10.8 Å². The molecule has 0 spiro atoms. The zero-order valence-corrected chi connectivity index (χ0v) is 21.1. The third-order valence-corrected chi connectivity index (χ3v) is 8.55. The zero-order valence-electron chi connectivity index (χ0n) is 18.7. The van der Waals surface area contributed by atoms with E-state index in [9.17, 15) is 4.79 Å². The van der Waals surface area contributed by atoms with Gasteiger partial charge in [0.2, 0.25) is 5.91 Å². The molecule has 0 fully saturated rings. The SMILES string of the molecule is CC(=O)N(c1cccc(C)c1)c1nc(CSc2nnc(-c3cc4c(s3)CC[C@@H](C)C4)o2)cs1. The Morgan fingerprint density at radius 3 is 3.00 bits per heavy atom. The fourth-order valence-electron chi connectivity index (χ4n) is 3.97. The molecule has 1 aliphatic rings. The number of fused-ring (bicyclic) bond motifs is 1. The van der Waals surface area contributed by atoms with Gasteiger partial charge >= 0.3 is 0 Å². The molecule has 0 bridgehead atoms. The molecule has 33 heavy (non-hydrogen) atoms. The monoisotopic (exact) mass is 496 g/mol. The van der Waals surface area contributed by atoms with Gasteiger partial charge in [-0.05, 0) is 61.4 Å². The number of carbonyl (C=O) groups excluding carboxylic acids is 1. The maximum Gasteiger partial charge on any atom is 0.277 e. The lowest BCUT2D eigenvalue weighted by molar-refractivity contribution is -0.115. The molecule has 1 atom stereocenters. The molecule has 0 saturated heterocycles. The van der Waals surface area contributed by atoms with Crippen molar-refractivity contribution in [3.05, 3.63) is 57.4 Å². The van der Waals surface area contributed by atoms with Crippen molar-refractivity contribution < 1.29 is 9.21 Å². The van der Waals surface area contributed by atoms with Crippen LogP contribution >= 0.6 is 34.4 Å². The van der Waals surface area contributed by atoms with Crippen LogP contribution in [0.2, 0.25) is 0 Å². The van der Waals surface area contributed by atoms with Crippen LogP contribution in [0.5, 0.6) is 0 Å². The number of thiophene rings is 1. The van der Waals surface area contributed by atoms with E-state index in [0.717, 1.165) is 40.6 Å². The molecule has 0 unspecified atom stereocenters. The van der Waals surface area contributed by atoms with E-state index in [2.05, 4.69) is 28.2 Å². The van der Waals surface area contributed by atoms with E-state index >= 15 is 0 Å². The maximum atomic E-state index is 12.3. The Morgan fingerprint density at radius 1 is 1.30 bits per heavy atom. The van der Waals surface area contributed by atoms with Crippen molar-refractivity contribution >= 4 is 51.2 Å². The van der Waals surface area contributed by atoms with Crippen molar-refractivity contribution in [2.75, 3.05) is 4.90 Å². The molecule has 0 N–H and O–H groups in total. The third-order valence-electron chi connectivity index (χ3n) is 5.60. The number of hydrogen-bond donors (Lipinski definition) is 0. The Hall–Kier alpha value is -2.49. The molecule has 1 aliphatic carbocycles. The number of nitrogens with zero attached hydrogens (tertiary/aromatic N) is 4. The van der Waals surface area contributed by atoms with E-state index in [1.165, 1.54) is 40.0 Å². The number of thiazole rings is 1. The first-order valence-corrected chi connectivity index (χ1v) is 13.5. The second kappa shape index (κ2) is 9.40. The summed E-state index contributed by atoms with van der Waals surface area (Å²) in [5, 5.41) is 11.6. The summed E-state index contributed by atoms with van der Waals surface area (Å²) in [7, 11) is 0. The molecule has 6 nitrogen and oxygen atoms in total. The Labute approximate surface area is 205 Å². The number of rotatable bonds is 6. The van der Waals surface area contributed by atoms with E-state index < -0.39 is 0 Å². The fraction of sp³-hybridized carbons (Fsp3) is 0.333. The van der Waals surface area contributed by atoms with Crippen molar-refractivity contribution in [2.24, 2.45) is 5.92 Å². The van der Waals surface area contributed by atoms with E-state index in [0.29, 0.717) is 22.0 Å². The Kier molecular flexibility index (Phi) is 6.36. The van der Waals surface area contributed by atoms with Gasteiger partial charge in [0.05, 0.1) is 16.3 Å². The molecule has 9 heteroatoms. The summed E-state index contributed by atoms with van der Waals surface area (Å²) in [4.78, 5) is 21.2. The molecule has 0 radical (unpaired) electrons. The maximum absolute atomic E-state index is 12.3. The first-order valence-electron chi connectivity index (χ1n) is 10.9. The lowest BCUT2D eigenvalue weighted by Crippen LogP contribution is -2.22. The molecular weight excluding hydrogens is 472 g/mol. The quantitative estimate of drug-likeness (QED) is 0.278. The van der Waals surface area contributed by atoms with Gasteiger partial charge in [-0.3, -0.25) is 9.69 Å². The Balaban J connectivity index is 1.27. The number of amides is 1. The molecule has 3 aromatic heterocycles. The van der Waals surface area contributed by atoms with Gasteiger partial charge in [0.1, 0.15) is 0 Å². The third kappa shape index (κ3) is 4.90. The highest BCUT2D eigenvalue weighted by Crippen LogP contribution is 2.38. The summed E-state index contributed by atoms with van der Waals surface area (Å²) in [6, 6.07) is 10.1. The van der Waals surface area contributed by atoms with Crippen LogP contribution in [-0.2, 0) is 23.4 Å². The first kappa shape index (κ1) is 22.3. The largest absolute Gasteiger partial charge is 0.410 e. The number of aryl methyl sites for hydroxylation is 2. The van der Waals surface area contributed by atoms with Gasteiger partial charge in [-0.15, -0.1) is 32.9 Å². The summed E-state index contributed by atoms with van der Waals surface area (Å²) in [6.45, 7) is 5.87. The normalized spacial score (nSPS) is 15.4. The summed E-state index contributed by atoms with van der Waals surface area (Å²) < 4.78 is 5.93. The molecule has 3 heterocycles. The number of anilines is 2. The number of thioether (sulfide) groups is 1. The van der Waals surface area contributed by atoms with E-state index in [1.807, 2.05) is 36.6 Å². The van der Waals surface area contributed by atoms with Crippen molar-refractivity contribution in [3.8, 4) is 10.8 Å². The van der Waals surface area contributed by atoms with Gasteiger partial charge < -0.3 is 4.42 Å². The van der Waals surface area contributed by atoms with Crippen LogP contribution in [0.15, 0.2) is 45.4 Å². The van der Waals surface area contributed by atoms with Gasteiger partial charge in [0.15, 0.2) is 5.13 Å². The number of aromatic nitrogens is 3. The van der Waals surface area contributed by atoms with Gasteiger partial charge in [-0.1, -0.05) is 30.8 Å². The molecule has 0 saturated carbocycles. The minimum atomic E-state index is -0.0660. The lowest BCUT2D eigenvalue weighted by atomic mass is 9.90. The topological polar surface area (TPSA) is 72.1 Å².